The minimum absolute atomic E-state index is 0.379. The fraction of sp³-hybridized carbons (Fsp3) is 0.190. The van der Waals surface area contributed by atoms with Gasteiger partial charge in [0.1, 0.15) is 11.5 Å². The summed E-state index contributed by atoms with van der Waals surface area (Å²) in [5, 5.41) is 0. The largest absolute Gasteiger partial charge is 0.496 e. The molecule has 0 unspecified atom stereocenters. The lowest BCUT2D eigenvalue weighted by atomic mass is 10.1. The summed E-state index contributed by atoms with van der Waals surface area (Å²) in [5.74, 6) is 1.01. The zero-order chi connectivity index (χ0) is 17.5. The Hall–Kier alpha value is -2.81. The van der Waals surface area contributed by atoms with E-state index in [1.807, 2.05) is 31.2 Å². The third-order valence-corrected chi connectivity index (χ3v) is 3.54. The predicted octanol–water partition coefficient (Wildman–Crippen LogP) is 5.02. The lowest BCUT2D eigenvalue weighted by molar-refractivity contribution is 0.395. The van der Waals surface area contributed by atoms with Crippen LogP contribution in [0.25, 0.3) is 12.2 Å². The number of methoxy groups -OCH3 is 1. The van der Waals surface area contributed by atoms with E-state index in [-0.39, 0.29) is 5.63 Å². The van der Waals surface area contributed by atoms with Crippen LogP contribution in [0.1, 0.15) is 30.7 Å². The average Bonchev–Trinajstić information content (AvgIpc) is 2.56. The van der Waals surface area contributed by atoms with Crippen LogP contribution in [0.15, 0.2) is 68.9 Å². The van der Waals surface area contributed by atoms with Gasteiger partial charge in [0.2, 0.25) is 0 Å². The van der Waals surface area contributed by atoms with Gasteiger partial charge in [0.25, 0.3) is 0 Å². The molecule has 3 heteroatoms. The Morgan fingerprint density at radius 2 is 1.83 bits per heavy atom. The molecule has 1 aromatic carbocycles. The third-order valence-electron chi connectivity index (χ3n) is 3.54. The van der Waals surface area contributed by atoms with Crippen molar-refractivity contribution in [2.24, 2.45) is 0 Å². The van der Waals surface area contributed by atoms with Gasteiger partial charge in [-0.05, 0) is 32.4 Å². The highest BCUT2D eigenvalue weighted by molar-refractivity contribution is 5.57. The molecule has 3 nitrogen and oxygen atoms in total. The van der Waals surface area contributed by atoms with Gasteiger partial charge in [-0.15, -0.1) is 0 Å². The summed E-state index contributed by atoms with van der Waals surface area (Å²) >= 11 is 0. The second-order valence-electron chi connectivity index (χ2n) is 5.65. The van der Waals surface area contributed by atoms with Gasteiger partial charge in [0.05, 0.1) is 12.7 Å². The number of allylic oxidation sites excluding steroid dienone is 4. The standard InChI is InChI=1S/C21H22O3/c1-15(12-16(2)13-18-8-6-5-7-9-18)10-11-19-14-20(23-4)17(3)21(22)24-19/h5-14H,1-4H3/b11-10+,15-12+,16-13+. The van der Waals surface area contributed by atoms with Crippen molar-refractivity contribution in [2.75, 3.05) is 7.11 Å². The van der Waals surface area contributed by atoms with Crippen molar-refractivity contribution in [1.29, 1.82) is 0 Å². The van der Waals surface area contributed by atoms with Gasteiger partial charge in [-0.3, -0.25) is 0 Å². The Labute approximate surface area is 142 Å². The minimum Gasteiger partial charge on any atom is -0.496 e. The van der Waals surface area contributed by atoms with Crippen molar-refractivity contribution in [2.45, 2.75) is 20.8 Å². The van der Waals surface area contributed by atoms with Crippen LogP contribution in [0.4, 0.5) is 0 Å². The van der Waals surface area contributed by atoms with E-state index >= 15 is 0 Å². The summed E-state index contributed by atoms with van der Waals surface area (Å²) in [5.41, 5.74) is 3.46. The van der Waals surface area contributed by atoms with E-state index in [0.29, 0.717) is 17.1 Å². The summed E-state index contributed by atoms with van der Waals surface area (Å²) in [6.07, 6.45) is 7.87. The summed E-state index contributed by atoms with van der Waals surface area (Å²) in [7, 11) is 1.54. The first-order valence-electron chi connectivity index (χ1n) is 7.78. The average molecular weight is 322 g/mol. The molecule has 0 bridgehead atoms. The molecule has 0 atom stereocenters. The maximum absolute atomic E-state index is 11.7. The molecule has 0 radical (unpaired) electrons. The Balaban J connectivity index is 2.18. The van der Waals surface area contributed by atoms with Crippen LogP contribution >= 0.6 is 0 Å². The number of benzene rings is 1. The Kier molecular flexibility index (Phi) is 5.96. The van der Waals surface area contributed by atoms with Crippen LogP contribution in [0, 0.1) is 6.92 Å². The van der Waals surface area contributed by atoms with Crippen molar-refractivity contribution in [1.82, 2.24) is 0 Å². The van der Waals surface area contributed by atoms with Gasteiger partial charge in [0.15, 0.2) is 0 Å². The van der Waals surface area contributed by atoms with Crippen LogP contribution in [0.2, 0.25) is 0 Å². The van der Waals surface area contributed by atoms with Crippen LogP contribution in [-0.4, -0.2) is 7.11 Å². The summed E-state index contributed by atoms with van der Waals surface area (Å²) < 4.78 is 10.4. The highest BCUT2D eigenvalue weighted by Gasteiger charge is 2.06. The molecule has 2 rings (SSSR count). The lowest BCUT2D eigenvalue weighted by Gasteiger charge is -2.03. The quantitative estimate of drug-likeness (QED) is 0.726. The van der Waals surface area contributed by atoms with Gasteiger partial charge in [-0.2, -0.15) is 0 Å². The third kappa shape index (κ3) is 4.85. The lowest BCUT2D eigenvalue weighted by Crippen LogP contribution is -2.05. The molecule has 0 aliphatic rings. The zero-order valence-electron chi connectivity index (χ0n) is 14.5. The smallest absolute Gasteiger partial charge is 0.342 e. The Morgan fingerprint density at radius 3 is 2.50 bits per heavy atom. The molecule has 0 saturated carbocycles. The van der Waals surface area contributed by atoms with Crippen molar-refractivity contribution < 1.29 is 9.15 Å². The second kappa shape index (κ2) is 8.16. The van der Waals surface area contributed by atoms with Crippen LogP contribution in [0.5, 0.6) is 5.75 Å². The molecule has 0 amide bonds. The molecule has 0 aliphatic heterocycles. The summed E-state index contributed by atoms with van der Waals surface area (Å²) in [4.78, 5) is 11.7. The Bertz CT molecular complexity index is 837. The molecule has 24 heavy (non-hydrogen) atoms. The van der Waals surface area contributed by atoms with Crippen molar-refractivity contribution in [3.63, 3.8) is 0 Å². The van der Waals surface area contributed by atoms with Gasteiger partial charge in [-0.25, -0.2) is 4.79 Å². The molecule has 1 aromatic heterocycles. The maximum atomic E-state index is 11.7. The normalized spacial score (nSPS) is 12.7. The van der Waals surface area contributed by atoms with Gasteiger partial charge < -0.3 is 9.15 Å². The number of hydrogen-bond donors (Lipinski definition) is 0. The minimum atomic E-state index is -0.379. The van der Waals surface area contributed by atoms with E-state index in [1.54, 1.807) is 19.1 Å². The molecule has 0 aliphatic carbocycles. The molecule has 0 N–H and O–H groups in total. The van der Waals surface area contributed by atoms with Crippen molar-refractivity contribution in [3.05, 3.63) is 87.0 Å². The second-order valence-corrected chi connectivity index (χ2v) is 5.65. The first kappa shape index (κ1) is 17.5. The highest BCUT2D eigenvalue weighted by Crippen LogP contribution is 2.17. The fourth-order valence-electron chi connectivity index (χ4n) is 2.32. The highest BCUT2D eigenvalue weighted by atomic mass is 16.5. The van der Waals surface area contributed by atoms with Crippen LogP contribution in [-0.2, 0) is 0 Å². The predicted molar refractivity (Wildman–Crippen MR) is 99.2 cm³/mol. The zero-order valence-corrected chi connectivity index (χ0v) is 14.5. The molecule has 0 saturated heterocycles. The number of rotatable bonds is 5. The van der Waals surface area contributed by atoms with Gasteiger partial charge in [-0.1, -0.05) is 59.7 Å². The van der Waals surface area contributed by atoms with Gasteiger partial charge >= 0.3 is 5.63 Å². The first-order valence-corrected chi connectivity index (χ1v) is 7.78. The van der Waals surface area contributed by atoms with Crippen molar-refractivity contribution in [3.8, 4) is 5.75 Å². The van der Waals surface area contributed by atoms with E-state index in [9.17, 15) is 4.79 Å². The number of ether oxygens (including phenoxy) is 1. The SMILES string of the molecule is COc1cc(/C=C/C(C)=C/C(C)=C/c2ccccc2)oc(=O)c1C. The molecular formula is C21H22O3. The Morgan fingerprint density at radius 1 is 1.12 bits per heavy atom. The van der Waals surface area contributed by atoms with E-state index < -0.39 is 0 Å². The van der Waals surface area contributed by atoms with E-state index in [1.165, 1.54) is 7.11 Å². The van der Waals surface area contributed by atoms with Crippen molar-refractivity contribution >= 4 is 12.2 Å². The summed E-state index contributed by atoms with van der Waals surface area (Å²) in [6, 6.07) is 11.9. The molecule has 124 valence electrons. The maximum Gasteiger partial charge on any atom is 0.342 e. The van der Waals surface area contributed by atoms with Crippen LogP contribution in [0.3, 0.4) is 0 Å². The molecular weight excluding hydrogens is 300 g/mol. The van der Waals surface area contributed by atoms with Gasteiger partial charge in [0, 0.05) is 6.07 Å². The first-order chi connectivity index (χ1) is 11.5. The van der Waals surface area contributed by atoms with E-state index in [4.69, 9.17) is 9.15 Å². The topological polar surface area (TPSA) is 39.4 Å². The molecule has 0 fully saturated rings. The van der Waals surface area contributed by atoms with E-state index in [2.05, 4.69) is 31.2 Å². The monoisotopic (exact) mass is 322 g/mol. The van der Waals surface area contributed by atoms with Crippen LogP contribution < -0.4 is 10.4 Å². The summed E-state index contributed by atoms with van der Waals surface area (Å²) in [6.45, 7) is 5.74. The molecule has 2 aromatic rings. The molecule has 1 heterocycles. The molecule has 0 spiro atoms. The number of hydrogen-bond acceptors (Lipinski definition) is 3. The van der Waals surface area contributed by atoms with E-state index in [0.717, 1.165) is 16.7 Å². The fourth-order valence-corrected chi connectivity index (χ4v) is 2.32.